The fraction of sp³-hybridized carbons (Fsp3) is 0.593. The van der Waals surface area contributed by atoms with E-state index in [9.17, 15) is 18.0 Å². The van der Waals surface area contributed by atoms with Crippen molar-refractivity contribution >= 4 is 33.2 Å². The molecule has 38 heavy (non-hydrogen) atoms. The lowest BCUT2D eigenvalue weighted by Gasteiger charge is -2.56. The Kier molecular flexibility index (Phi) is 5.27. The second kappa shape index (κ2) is 8.29. The Labute approximate surface area is 222 Å². The number of rotatable bonds is 7. The van der Waals surface area contributed by atoms with Crippen molar-refractivity contribution in [1.29, 1.82) is 0 Å². The topological polar surface area (TPSA) is 123 Å². The average Bonchev–Trinajstić information content (AvgIpc) is 3.47. The van der Waals surface area contributed by atoms with Crippen LogP contribution in [-0.2, 0) is 44.3 Å². The van der Waals surface area contributed by atoms with Crippen LogP contribution in [0.3, 0.4) is 0 Å². The van der Waals surface area contributed by atoms with Crippen LogP contribution in [0.5, 0.6) is 0 Å². The molecule has 3 fully saturated rings. The van der Waals surface area contributed by atoms with Crippen molar-refractivity contribution in [2.24, 2.45) is 11.3 Å². The monoisotopic (exact) mass is 539 g/mol. The molecule has 2 saturated heterocycles. The van der Waals surface area contributed by atoms with Crippen molar-refractivity contribution in [3.8, 4) is 0 Å². The zero-order valence-electron chi connectivity index (χ0n) is 21.6. The van der Waals surface area contributed by atoms with Crippen molar-refractivity contribution < 1.29 is 22.7 Å². The van der Waals surface area contributed by atoms with Gasteiger partial charge in [0.1, 0.15) is 17.1 Å². The number of aromatic nitrogens is 2. The first-order valence-electron chi connectivity index (χ1n) is 13.5. The Balaban J connectivity index is 1.17. The molecule has 2 N–H and O–H groups in total. The smallest absolute Gasteiger partial charge is 0.257 e. The van der Waals surface area contributed by atoms with Gasteiger partial charge in [0, 0.05) is 38.0 Å². The predicted molar refractivity (Wildman–Crippen MR) is 141 cm³/mol. The molecule has 1 atom stereocenters. The van der Waals surface area contributed by atoms with E-state index in [1.807, 2.05) is 0 Å². The van der Waals surface area contributed by atoms with Gasteiger partial charge in [-0.25, -0.2) is 13.1 Å². The average molecular weight is 540 g/mol. The second-order valence-corrected chi connectivity index (χ2v) is 14.3. The lowest BCUT2D eigenvalue weighted by molar-refractivity contribution is -0.127. The van der Waals surface area contributed by atoms with Gasteiger partial charge in [0.05, 0.1) is 29.9 Å². The summed E-state index contributed by atoms with van der Waals surface area (Å²) in [6.45, 7) is 4.35. The van der Waals surface area contributed by atoms with Gasteiger partial charge in [-0.1, -0.05) is 18.9 Å². The van der Waals surface area contributed by atoms with E-state index >= 15 is 0 Å². The van der Waals surface area contributed by atoms with Gasteiger partial charge in [0.2, 0.25) is 5.91 Å². The first-order valence-corrected chi connectivity index (χ1v) is 15.5. The minimum Gasteiger partial charge on any atom is -0.380 e. The van der Waals surface area contributed by atoms with E-state index in [1.165, 1.54) is 24.1 Å². The van der Waals surface area contributed by atoms with E-state index in [0.717, 1.165) is 57.4 Å². The van der Waals surface area contributed by atoms with Crippen molar-refractivity contribution in [3.63, 3.8) is 0 Å². The number of amides is 2. The second-order valence-electron chi connectivity index (χ2n) is 12.1. The Bertz CT molecular complexity index is 1450. The molecule has 7 rings (SSSR count). The molecule has 11 heteroatoms. The number of ether oxygens (including phenoxy) is 1. The highest BCUT2D eigenvalue weighted by atomic mass is 32.2. The molecule has 2 aliphatic carbocycles. The van der Waals surface area contributed by atoms with Crippen molar-refractivity contribution in [2.75, 3.05) is 48.5 Å². The number of aryl methyl sites for hydroxylation is 2. The standard InChI is InChI=1S/C27H33N5O5S/c1-38(35,36)12-22(33)28-24-23-21(30-32(24)9-7-17-2-3-17)11-27(29-25(23)34)8-6-18-10-19(4-5-20(18)27)31-13-26(14-31)15-37-16-26/h4-5,10,17H,2-3,6-9,11-16H2,1H3,(H,28,33)(H,29,34)/t27-/m1/s1. The molecule has 1 aromatic carbocycles. The summed E-state index contributed by atoms with van der Waals surface area (Å²) in [7, 11) is -3.51. The minimum atomic E-state index is -3.51. The van der Waals surface area contributed by atoms with Crippen LogP contribution in [0.2, 0.25) is 0 Å². The van der Waals surface area contributed by atoms with E-state index in [-0.39, 0.29) is 5.91 Å². The largest absolute Gasteiger partial charge is 0.380 e. The van der Waals surface area contributed by atoms with Gasteiger partial charge in [-0.05, 0) is 48.4 Å². The molecule has 2 amide bonds. The van der Waals surface area contributed by atoms with Crippen LogP contribution in [0.4, 0.5) is 11.5 Å². The highest BCUT2D eigenvalue weighted by Crippen LogP contribution is 2.46. The van der Waals surface area contributed by atoms with Crippen molar-refractivity contribution in [3.05, 3.63) is 40.6 Å². The summed E-state index contributed by atoms with van der Waals surface area (Å²) >= 11 is 0. The number of benzene rings is 1. The third-order valence-corrected chi connectivity index (χ3v) is 9.62. The number of nitrogens with one attached hydrogen (secondary N) is 2. The van der Waals surface area contributed by atoms with Gasteiger partial charge >= 0.3 is 0 Å². The van der Waals surface area contributed by atoms with Gasteiger partial charge in [0.25, 0.3) is 5.91 Å². The number of anilines is 2. The van der Waals surface area contributed by atoms with Crippen molar-refractivity contribution in [2.45, 2.75) is 50.6 Å². The number of carbonyl (C=O) groups is 2. The molecule has 0 radical (unpaired) electrons. The molecule has 0 bridgehead atoms. The summed E-state index contributed by atoms with van der Waals surface area (Å²) < 4.78 is 30.5. The highest BCUT2D eigenvalue weighted by Gasteiger charge is 2.50. The van der Waals surface area contributed by atoms with E-state index in [2.05, 4.69) is 33.7 Å². The molecule has 5 aliphatic rings. The molecular formula is C27H33N5O5S. The lowest BCUT2D eigenvalue weighted by Crippen LogP contribution is -2.66. The molecule has 10 nitrogen and oxygen atoms in total. The number of hydrogen-bond acceptors (Lipinski definition) is 7. The van der Waals surface area contributed by atoms with E-state index in [0.29, 0.717) is 41.4 Å². The summed E-state index contributed by atoms with van der Waals surface area (Å²) in [5.41, 5.74) is 4.45. The van der Waals surface area contributed by atoms with Crippen LogP contribution >= 0.6 is 0 Å². The van der Waals surface area contributed by atoms with Crippen LogP contribution in [0.25, 0.3) is 0 Å². The Morgan fingerprint density at radius 2 is 2.05 bits per heavy atom. The molecule has 202 valence electrons. The Hall–Kier alpha value is -2.92. The zero-order valence-corrected chi connectivity index (χ0v) is 22.4. The van der Waals surface area contributed by atoms with E-state index in [1.54, 1.807) is 4.68 Å². The molecule has 2 spiro atoms. The van der Waals surface area contributed by atoms with Gasteiger partial charge in [-0.15, -0.1) is 0 Å². The summed E-state index contributed by atoms with van der Waals surface area (Å²) in [5, 5.41) is 10.8. The molecule has 3 aliphatic heterocycles. The third-order valence-electron chi connectivity index (χ3n) is 8.83. The number of nitrogens with zero attached hydrogens (tertiary/aromatic N) is 3. The maximum absolute atomic E-state index is 13.6. The Morgan fingerprint density at radius 1 is 1.26 bits per heavy atom. The number of hydrogen-bond donors (Lipinski definition) is 2. The van der Waals surface area contributed by atoms with Crippen LogP contribution in [0, 0.1) is 11.3 Å². The van der Waals surface area contributed by atoms with Gasteiger partial charge in [0.15, 0.2) is 9.84 Å². The van der Waals surface area contributed by atoms with Gasteiger partial charge in [-0.3, -0.25) is 9.59 Å². The summed E-state index contributed by atoms with van der Waals surface area (Å²) in [5.74, 6) is -0.616. The van der Waals surface area contributed by atoms with Crippen LogP contribution in [0.15, 0.2) is 18.2 Å². The molecule has 0 unspecified atom stereocenters. The summed E-state index contributed by atoms with van der Waals surface area (Å²) in [4.78, 5) is 28.5. The number of sulfone groups is 1. The quantitative estimate of drug-likeness (QED) is 0.548. The normalized spacial score (nSPS) is 25.0. The Morgan fingerprint density at radius 3 is 2.74 bits per heavy atom. The van der Waals surface area contributed by atoms with Crippen molar-refractivity contribution in [1.82, 2.24) is 15.1 Å². The first-order chi connectivity index (χ1) is 18.1. The van der Waals surface area contributed by atoms with Gasteiger partial charge in [-0.2, -0.15) is 5.10 Å². The van der Waals surface area contributed by atoms with E-state index in [4.69, 9.17) is 9.84 Å². The maximum atomic E-state index is 13.6. The lowest BCUT2D eigenvalue weighted by atomic mass is 9.77. The number of carbonyl (C=O) groups excluding carboxylic acids is 2. The molecule has 1 saturated carbocycles. The first kappa shape index (κ1) is 24.1. The summed E-state index contributed by atoms with van der Waals surface area (Å²) in [6, 6.07) is 6.58. The predicted octanol–water partition coefficient (Wildman–Crippen LogP) is 1.63. The minimum absolute atomic E-state index is 0.273. The fourth-order valence-corrected chi connectivity index (χ4v) is 7.20. The molecule has 2 aromatic rings. The summed E-state index contributed by atoms with van der Waals surface area (Å²) in [6.07, 6.45) is 6.51. The third kappa shape index (κ3) is 4.10. The number of fused-ring (bicyclic) bond motifs is 3. The molecular weight excluding hydrogens is 506 g/mol. The molecule has 1 aromatic heterocycles. The van der Waals surface area contributed by atoms with Crippen LogP contribution in [0.1, 0.15) is 52.9 Å². The SMILES string of the molecule is CS(=O)(=O)CC(=O)Nc1c2c(nn1CCC1CC1)C[C@@]1(CCc3cc(N4CC5(COC5)C4)ccc31)NC2=O. The van der Waals surface area contributed by atoms with Gasteiger partial charge < -0.3 is 20.3 Å². The van der Waals surface area contributed by atoms with E-state index < -0.39 is 27.0 Å². The molecule has 4 heterocycles. The van der Waals surface area contributed by atoms with Crippen LogP contribution in [-0.4, -0.2) is 68.3 Å². The fourth-order valence-electron chi connectivity index (χ4n) is 6.66. The highest BCUT2D eigenvalue weighted by molar-refractivity contribution is 7.91. The maximum Gasteiger partial charge on any atom is 0.257 e. The van der Waals surface area contributed by atoms with Crippen LogP contribution < -0.4 is 15.5 Å². The zero-order chi connectivity index (χ0) is 26.3.